The molecule has 6 heteroatoms. The number of nitrogens with one attached hydrogen (secondary N) is 1. The molecule has 0 aliphatic heterocycles. The second-order valence-corrected chi connectivity index (χ2v) is 6.32. The molecular weight excluding hydrogens is 330 g/mol. The van der Waals surface area contributed by atoms with Crippen molar-refractivity contribution in [2.45, 2.75) is 26.8 Å². The van der Waals surface area contributed by atoms with Crippen molar-refractivity contribution in [1.82, 2.24) is 15.5 Å². The molecule has 3 rings (SSSR count). The van der Waals surface area contributed by atoms with Gasteiger partial charge in [0.1, 0.15) is 5.75 Å². The lowest BCUT2D eigenvalue weighted by molar-refractivity contribution is -0.123. The fourth-order valence-corrected chi connectivity index (χ4v) is 2.37. The fraction of sp³-hybridized carbons (Fsp3) is 0.250. The predicted octanol–water partition coefficient (Wildman–Crippen LogP) is 3.62. The van der Waals surface area contributed by atoms with Crippen LogP contribution in [0.3, 0.4) is 0 Å². The highest BCUT2D eigenvalue weighted by Gasteiger charge is 2.11. The number of hydrogen-bond acceptors (Lipinski definition) is 5. The summed E-state index contributed by atoms with van der Waals surface area (Å²) in [4.78, 5) is 16.0. The molecule has 3 aromatic rings. The third-order valence-electron chi connectivity index (χ3n) is 3.66. The average molecular weight is 351 g/mol. The summed E-state index contributed by atoms with van der Waals surface area (Å²) in [5, 5.41) is 6.81. The van der Waals surface area contributed by atoms with Crippen LogP contribution in [0.4, 0.5) is 0 Å². The Morgan fingerprint density at radius 2 is 1.73 bits per heavy atom. The van der Waals surface area contributed by atoms with Gasteiger partial charge >= 0.3 is 0 Å². The van der Waals surface area contributed by atoms with Gasteiger partial charge < -0.3 is 14.6 Å². The summed E-state index contributed by atoms with van der Waals surface area (Å²) in [7, 11) is 0. The molecule has 1 N–H and O–H groups in total. The van der Waals surface area contributed by atoms with Crippen LogP contribution >= 0.6 is 0 Å². The number of carbonyl (C=O) groups excluding carboxylic acids is 1. The number of nitrogens with zero attached hydrogens (tertiary/aromatic N) is 2. The Kier molecular flexibility index (Phi) is 5.31. The fourth-order valence-electron chi connectivity index (χ4n) is 2.37. The lowest BCUT2D eigenvalue weighted by atomic mass is 10.1. The first kappa shape index (κ1) is 17.7. The first-order valence-electron chi connectivity index (χ1n) is 8.44. The molecule has 2 aromatic carbocycles. The smallest absolute Gasteiger partial charge is 0.258 e. The van der Waals surface area contributed by atoms with E-state index in [4.69, 9.17) is 9.26 Å². The predicted molar refractivity (Wildman–Crippen MR) is 98.7 cm³/mol. The molecule has 1 heterocycles. The molecule has 0 fully saturated rings. The SMILES string of the molecule is Cc1ccc(-c2noc(-c3ccc(OCC(=O)NC(C)C)cc3)n2)cc1. The zero-order chi connectivity index (χ0) is 18.5. The summed E-state index contributed by atoms with van der Waals surface area (Å²) < 4.78 is 10.8. The van der Waals surface area contributed by atoms with E-state index in [0.717, 1.165) is 11.1 Å². The Balaban J connectivity index is 1.65. The maximum atomic E-state index is 11.6. The largest absolute Gasteiger partial charge is 0.484 e. The molecule has 0 aliphatic carbocycles. The monoisotopic (exact) mass is 351 g/mol. The van der Waals surface area contributed by atoms with Gasteiger partial charge in [-0.3, -0.25) is 4.79 Å². The summed E-state index contributed by atoms with van der Waals surface area (Å²) in [5.74, 6) is 1.44. The van der Waals surface area contributed by atoms with E-state index < -0.39 is 0 Å². The highest BCUT2D eigenvalue weighted by atomic mass is 16.5. The van der Waals surface area contributed by atoms with E-state index in [-0.39, 0.29) is 18.6 Å². The summed E-state index contributed by atoms with van der Waals surface area (Å²) in [6, 6.07) is 15.2. The first-order valence-corrected chi connectivity index (χ1v) is 8.44. The minimum Gasteiger partial charge on any atom is -0.484 e. The number of hydrogen-bond donors (Lipinski definition) is 1. The topological polar surface area (TPSA) is 77.2 Å². The van der Waals surface area contributed by atoms with Crippen LogP contribution in [0.5, 0.6) is 5.75 Å². The third-order valence-corrected chi connectivity index (χ3v) is 3.66. The molecule has 1 aromatic heterocycles. The van der Waals surface area contributed by atoms with Gasteiger partial charge in [0.05, 0.1) is 0 Å². The Labute approximate surface area is 152 Å². The Morgan fingerprint density at radius 1 is 1.08 bits per heavy atom. The third kappa shape index (κ3) is 4.47. The van der Waals surface area contributed by atoms with Crippen molar-refractivity contribution in [3.05, 3.63) is 54.1 Å². The van der Waals surface area contributed by atoms with Crippen molar-refractivity contribution in [2.24, 2.45) is 0 Å². The lowest BCUT2D eigenvalue weighted by Crippen LogP contribution is -2.34. The summed E-state index contributed by atoms with van der Waals surface area (Å²) in [6.07, 6.45) is 0. The highest BCUT2D eigenvalue weighted by molar-refractivity contribution is 5.77. The van der Waals surface area contributed by atoms with Crippen LogP contribution in [0.25, 0.3) is 22.8 Å². The second kappa shape index (κ2) is 7.82. The van der Waals surface area contributed by atoms with Gasteiger partial charge in [0.25, 0.3) is 11.8 Å². The van der Waals surface area contributed by atoms with Gasteiger partial charge in [0.2, 0.25) is 5.82 Å². The van der Waals surface area contributed by atoms with Crippen molar-refractivity contribution in [2.75, 3.05) is 6.61 Å². The highest BCUT2D eigenvalue weighted by Crippen LogP contribution is 2.24. The quantitative estimate of drug-likeness (QED) is 0.734. The van der Waals surface area contributed by atoms with Gasteiger partial charge in [-0.1, -0.05) is 35.0 Å². The van der Waals surface area contributed by atoms with Gasteiger partial charge in [0.15, 0.2) is 6.61 Å². The zero-order valence-corrected chi connectivity index (χ0v) is 15.0. The molecule has 0 atom stereocenters. The van der Waals surface area contributed by atoms with Gasteiger partial charge in [-0.05, 0) is 45.0 Å². The molecule has 0 aliphatic rings. The van der Waals surface area contributed by atoms with Crippen molar-refractivity contribution in [3.8, 4) is 28.6 Å². The van der Waals surface area contributed by atoms with Gasteiger partial charge in [0, 0.05) is 17.2 Å². The number of benzene rings is 2. The molecule has 6 nitrogen and oxygen atoms in total. The van der Waals surface area contributed by atoms with Crippen molar-refractivity contribution in [1.29, 1.82) is 0 Å². The summed E-state index contributed by atoms with van der Waals surface area (Å²) >= 11 is 0. The van der Waals surface area contributed by atoms with Crippen molar-refractivity contribution in [3.63, 3.8) is 0 Å². The Bertz CT molecular complexity index is 868. The number of rotatable bonds is 6. The molecule has 0 saturated heterocycles. The van der Waals surface area contributed by atoms with Crippen LogP contribution in [0.1, 0.15) is 19.4 Å². The molecule has 1 amide bonds. The minimum atomic E-state index is -0.149. The van der Waals surface area contributed by atoms with Crippen LogP contribution in [0.2, 0.25) is 0 Å². The number of aryl methyl sites for hydroxylation is 1. The first-order chi connectivity index (χ1) is 12.5. The van der Waals surface area contributed by atoms with Crippen LogP contribution in [-0.2, 0) is 4.79 Å². The van der Waals surface area contributed by atoms with E-state index in [2.05, 4.69) is 15.5 Å². The van der Waals surface area contributed by atoms with Gasteiger partial charge in [-0.2, -0.15) is 4.98 Å². The molecule has 26 heavy (non-hydrogen) atoms. The minimum absolute atomic E-state index is 0.0182. The normalized spacial score (nSPS) is 10.8. The van der Waals surface area contributed by atoms with E-state index in [0.29, 0.717) is 17.5 Å². The van der Waals surface area contributed by atoms with E-state index >= 15 is 0 Å². The second-order valence-electron chi connectivity index (χ2n) is 6.32. The molecular formula is C20H21N3O3. The number of carbonyl (C=O) groups is 1. The van der Waals surface area contributed by atoms with E-state index in [1.807, 2.05) is 57.2 Å². The van der Waals surface area contributed by atoms with Gasteiger partial charge in [-0.25, -0.2) is 0 Å². The van der Waals surface area contributed by atoms with Gasteiger partial charge in [-0.15, -0.1) is 0 Å². The van der Waals surface area contributed by atoms with E-state index in [1.54, 1.807) is 12.1 Å². The number of ether oxygens (including phenoxy) is 1. The van der Waals surface area contributed by atoms with Crippen LogP contribution < -0.4 is 10.1 Å². The molecule has 0 unspecified atom stereocenters. The molecule has 134 valence electrons. The zero-order valence-electron chi connectivity index (χ0n) is 15.0. The van der Waals surface area contributed by atoms with Crippen LogP contribution in [0.15, 0.2) is 53.1 Å². The summed E-state index contributed by atoms with van der Waals surface area (Å²) in [6.45, 7) is 5.82. The maximum Gasteiger partial charge on any atom is 0.258 e. The molecule has 0 spiro atoms. The Morgan fingerprint density at radius 3 is 2.38 bits per heavy atom. The van der Waals surface area contributed by atoms with E-state index in [9.17, 15) is 4.79 Å². The van der Waals surface area contributed by atoms with Crippen molar-refractivity contribution >= 4 is 5.91 Å². The van der Waals surface area contributed by atoms with Crippen LogP contribution in [0, 0.1) is 6.92 Å². The van der Waals surface area contributed by atoms with Crippen LogP contribution in [-0.4, -0.2) is 28.7 Å². The summed E-state index contributed by atoms with van der Waals surface area (Å²) in [5.41, 5.74) is 2.87. The standard InChI is InChI=1S/C20H21N3O3/c1-13(2)21-18(24)12-25-17-10-8-16(9-11-17)20-22-19(23-26-20)15-6-4-14(3)5-7-15/h4-11,13H,12H2,1-3H3,(H,21,24). The number of amides is 1. The van der Waals surface area contributed by atoms with Crippen molar-refractivity contribution < 1.29 is 14.1 Å². The molecule has 0 radical (unpaired) electrons. The Hall–Kier alpha value is -3.15. The molecule has 0 saturated carbocycles. The van der Waals surface area contributed by atoms with E-state index in [1.165, 1.54) is 5.56 Å². The average Bonchev–Trinajstić information content (AvgIpc) is 3.10. The molecule has 0 bridgehead atoms. The number of aromatic nitrogens is 2. The maximum absolute atomic E-state index is 11.6. The lowest BCUT2D eigenvalue weighted by Gasteiger charge is -2.09.